The van der Waals surface area contributed by atoms with Crippen LogP contribution in [0.25, 0.3) is 10.9 Å². The highest BCUT2D eigenvalue weighted by atomic mass is 16.5. The maximum absolute atomic E-state index is 12.1. The quantitative estimate of drug-likeness (QED) is 0.501. The number of hydrogen-bond donors (Lipinski definition) is 4. The molecule has 9 heteroatoms. The van der Waals surface area contributed by atoms with E-state index in [1.54, 1.807) is 19.0 Å². The number of amides is 2. The zero-order valence-electron chi connectivity index (χ0n) is 14.7. The standard InChI is InChI=1S/C17H22N6O3/c1-23(2)16-21-15(26-22-16)9-19-17(25)20-12(10-24)7-11-8-18-14-6-4-3-5-13(11)14/h3-6,8,12,18,24H,7,9-10H2,1-2H3,(H2,19,20,25). The molecule has 0 radical (unpaired) electrons. The van der Waals surface area contributed by atoms with Crippen molar-refractivity contribution in [3.05, 3.63) is 41.9 Å². The molecule has 2 amide bonds. The minimum absolute atomic E-state index is 0.109. The lowest BCUT2D eigenvalue weighted by Gasteiger charge is -2.16. The van der Waals surface area contributed by atoms with Gasteiger partial charge in [0.2, 0.25) is 5.89 Å². The molecule has 2 aromatic heterocycles. The number of aromatic nitrogens is 3. The van der Waals surface area contributed by atoms with Crippen molar-refractivity contribution < 1.29 is 14.4 Å². The van der Waals surface area contributed by atoms with Crippen molar-refractivity contribution in [3.8, 4) is 0 Å². The van der Waals surface area contributed by atoms with Crippen LogP contribution in [0.4, 0.5) is 10.7 Å². The van der Waals surface area contributed by atoms with Gasteiger partial charge in [0.25, 0.3) is 5.95 Å². The maximum atomic E-state index is 12.1. The third-order valence-electron chi connectivity index (χ3n) is 3.95. The molecular formula is C17H22N6O3. The van der Waals surface area contributed by atoms with Gasteiger partial charge in [0.05, 0.1) is 19.2 Å². The van der Waals surface area contributed by atoms with Crippen LogP contribution < -0.4 is 15.5 Å². The smallest absolute Gasteiger partial charge is 0.315 e. The van der Waals surface area contributed by atoms with E-state index in [-0.39, 0.29) is 13.2 Å². The summed E-state index contributed by atoms with van der Waals surface area (Å²) in [4.78, 5) is 21.1. The first-order valence-corrected chi connectivity index (χ1v) is 8.27. The Labute approximate surface area is 150 Å². The van der Waals surface area contributed by atoms with Crippen LogP contribution in [0.2, 0.25) is 0 Å². The van der Waals surface area contributed by atoms with E-state index in [0.717, 1.165) is 16.5 Å². The average molecular weight is 358 g/mol. The Bertz CT molecular complexity index is 872. The zero-order valence-corrected chi connectivity index (χ0v) is 14.7. The van der Waals surface area contributed by atoms with Gasteiger partial charge in [-0.1, -0.05) is 18.2 Å². The number of fused-ring (bicyclic) bond motifs is 1. The van der Waals surface area contributed by atoms with Crippen LogP contribution >= 0.6 is 0 Å². The van der Waals surface area contributed by atoms with E-state index in [2.05, 4.69) is 25.8 Å². The van der Waals surface area contributed by atoms with Crippen molar-refractivity contribution in [1.82, 2.24) is 25.8 Å². The first-order chi connectivity index (χ1) is 12.6. The predicted molar refractivity (Wildman–Crippen MR) is 96.9 cm³/mol. The number of aromatic amines is 1. The number of aliphatic hydroxyl groups excluding tert-OH is 1. The summed E-state index contributed by atoms with van der Waals surface area (Å²) in [7, 11) is 3.59. The Hall–Kier alpha value is -3.07. The molecule has 0 spiro atoms. The van der Waals surface area contributed by atoms with Crippen LogP contribution in [0.1, 0.15) is 11.5 Å². The van der Waals surface area contributed by atoms with E-state index in [1.807, 2.05) is 30.5 Å². The fourth-order valence-corrected chi connectivity index (χ4v) is 2.62. The molecule has 0 fully saturated rings. The number of para-hydroxylation sites is 1. The Balaban J connectivity index is 1.54. The second-order valence-corrected chi connectivity index (χ2v) is 6.15. The Morgan fingerprint density at radius 2 is 2.19 bits per heavy atom. The second kappa shape index (κ2) is 7.87. The second-order valence-electron chi connectivity index (χ2n) is 6.15. The summed E-state index contributed by atoms with van der Waals surface area (Å²) < 4.78 is 5.04. The molecule has 0 aliphatic rings. The third-order valence-corrected chi connectivity index (χ3v) is 3.95. The summed E-state index contributed by atoms with van der Waals surface area (Å²) in [6.07, 6.45) is 2.41. The fraction of sp³-hybridized carbons (Fsp3) is 0.353. The Kier molecular flexibility index (Phi) is 5.37. The van der Waals surface area contributed by atoms with Crippen LogP contribution in [-0.4, -0.2) is 53.0 Å². The SMILES string of the molecule is CN(C)c1noc(CNC(=O)NC(CO)Cc2c[nH]c3ccccc23)n1. The normalized spacial score (nSPS) is 12.1. The molecule has 1 atom stereocenters. The molecule has 1 aromatic carbocycles. The van der Waals surface area contributed by atoms with Gasteiger partial charge in [-0.05, 0) is 23.2 Å². The largest absolute Gasteiger partial charge is 0.394 e. The lowest BCUT2D eigenvalue weighted by Crippen LogP contribution is -2.44. The summed E-state index contributed by atoms with van der Waals surface area (Å²) >= 11 is 0. The van der Waals surface area contributed by atoms with E-state index in [9.17, 15) is 9.90 Å². The molecule has 0 aliphatic heterocycles. The molecule has 3 rings (SSSR count). The summed E-state index contributed by atoms with van der Waals surface area (Å²) in [5.74, 6) is 0.746. The zero-order chi connectivity index (χ0) is 18.5. The van der Waals surface area contributed by atoms with Gasteiger partial charge in [0.15, 0.2) is 0 Å². The topological polar surface area (TPSA) is 119 Å². The molecule has 2 heterocycles. The van der Waals surface area contributed by atoms with Gasteiger partial charge in [-0.25, -0.2) is 4.79 Å². The number of urea groups is 1. The number of carbonyl (C=O) groups is 1. The first-order valence-electron chi connectivity index (χ1n) is 8.27. The third kappa shape index (κ3) is 4.12. The summed E-state index contributed by atoms with van der Waals surface area (Å²) in [5, 5.41) is 19.9. The lowest BCUT2D eigenvalue weighted by atomic mass is 10.1. The number of hydrogen-bond acceptors (Lipinski definition) is 6. The molecule has 1 unspecified atom stereocenters. The van der Waals surface area contributed by atoms with E-state index in [1.165, 1.54) is 0 Å². The number of H-pyrrole nitrogens is 1. The molecule has 0 bridgehead atoms. The van der Waals surface area contributed by atoms with Gasteiger partial charge in [0, 0.05) is 31.2 Å². The van der Waals surface area contributed by atoms with Gasteiger partial charge in [0.1, 0.15) is 0 Å². The highest BCUT2D eigenvalue weighted by Gasteiger charge is 2.15. The molecule has 0 saturated heterocycles. The number of nitrogens with one attached hydrogen (secondary N) is 3. The van der Waals surface area contributed by atoms with Crippen LogP contribution in [0.5, 0.6) is 0 Å². The first kappa shape index (κ1) is 17.7. The molecule has 138 valence electrons. The van der Waals surface area contributed by atoms with Crippen molar-refractivity contribution in [2.24, 2.45) is 0 Å². The van der Waals surface area contributed by atoms with Gasteiger partial charge < -0.3 is 30.1 Å². The number of aliphatic hydroxyl groups is 1. The number of benzene rings is 1. The molecule has 26 heavy (non-hydrogen) atoms. The van der Waals surface area contributed by atoms with Crippen LogP contribution in [0, 0.1) is 0 Å². The van der Waals surface area contributed by atoms with Gasteiger partial charge in [-0.15, -0.1) is 0 Å². The van der Waals surface area contributed by atoms with E-state index in [4.69, 9.17) is 4.52 Å². The molecule has 0 saturated carbocycles. The van der Waals surface area contributed by atoms with Crippen LogP contribution in [-0.2, 0) is 13.0 Å². The monoisotopic (exact) mass is 358 g/mol. The highest BCUT2D eigenvalue weighted by Crippen LogP contribution is 2.19. The van der Waals surface area contributed by atoms with Crippen LogP contribution in [0.3, 0.4) is 0 Å². The Morgan fingerprint density at radius 3 is 2.92 bits per heavy atom. The predicted octanol–water partition coefficient (Wildman–Crippen LogP) is 1.02. The summed E-state index contributed by atoms with van der Waals surface area (Å²) in [6, 6.07) is 7.09. The number of nitrogens with zero attached hydrogens (tertiary/aromatic N) is 3. The van der Waals surface area contributed by atoms with Gasteiger partial charge in [-0.3, -0.25) is 0 Å². The van der Waals surface area contributed by atoms with Crippen LogP contribution in [0.15, 0.2) is 35.0 Å². The molecule has 4 N–H and O–H groups in total. The molecule has 0 aliphatic carbocycles. The molecule has 3 aromatic rings. The molecular weight excluding hydrogens is 336 g/mol. The average Bonchev–Trinajstić information content (AvgIpc) is 3.27. The van der Waals surface area contributed by atoms with Crippen molar-refractivity contribution in [2.45, 2.75) is 19.0 Å². The van der Waals surface area contributed by atoms with Gasteiger partial charge in [-0.2, -0.15) is 4.98 Å². The summed E-state index contributed by atoms with van der Waals surface area (Å²) in [5.41, 5.74) is 2.06. The minimum Gasteiger partial charge on any atom is -0.394 e. The maximum Gasteiger partial charge on any atom is 0.315 e. The van der Waals surface area contributed by atoms with Gasteiger partial charge >= 0.3 is 6.03 Å². The van der Waals surface area contributed by atoms with E-state index < -0.39 is 12.1 Å². The Morgan fingerprint density at radius 1 is 1.38 bits per heavy atom. The summed E-state index contributed by atoms with van der Waals surface area (Å²) in [6.45, 7) is -0.0594. The highest BCUT2D eigenvalue weighted by molar-refractivity contribution is 5.83. The number of rotatable bonds is 7. The van der Waals surface area contributed by atoms with Crippen molar-refractivity contribution in [1.29, 1.82) is 0 Å². The number of carbonyl (C=O) groups excluding carboxylic acids is 1. The minimum atomic E-state index is -0.409. The molecule has 9 nitrogen and oxygen atoms in total. The van der Waals surface area contributed by atoms with Crippen molar-refractivity contribution in [2.75, 3.05) is 25.6 Å². The number of anilines is 1. The lowest BCUT2D eigenvalue weighted by molar-refractivity contribution is 0.214. The van der Waals surface area contributed by atoms with Crippen molar-refractivity contribution >= 4 is 22.9 Å². The van der Waals surface area contributed by atoms with E-state index in [0.29, 0.717) is 18.3 Å². The fourth-order valence-electron chi connectivity index (χ4n) is 2.62. The van der Waals surface area contributed by atoms with E-state index >= 15 is 0 Å². The van der Waals surface area contributed by atoms with Crippen molar-refractivity contribution in [3.63, 3.8) is 0 Å².